The van der Waals surface area contributed by atoms with Gasteiger partial charge in [-0.05, 0) is 86.0 Å². The summed E-state index contributed by atoms with van der Waals surface area (Å²) < 4.78 is 0.870. The number of amides is 3. The van der Waals surface area contributed by atoms with E-state index in [1.165, 1.54) is 38.5 Å². The normalized spacial score (nSPS) is 30.0. The van der Waals surface area contributed by atoms with Crippen molar-refractivity contribution >= 4 is 33.7 Å². The molecule has 0 radical (unpaired) electrons. The van der Waals surface area contributed by atoms with Crippen molar-refractivity contribution in [1.29, 1.82) is 0 Å². The third-order valence-corrected chi connectivity index (χ3v) is 7.10. The average molecular weight is 448 g/mol. The highest BCUT2D eigenvalue weighted by Crippen LogP contribution is 2.61. The largest absolute Gasteiger partial charge is 0.347 e. The van der Waals surface area contributed by atoms with Crippen molar-refractivity contribution in [3.8, 4) is 0 Å². The second-order valence-electron chi connectivity index (χ2n) is 8.88. The molecule has 0 spiro atoms. The van der Waals surface area contributed by atoms with Crippen LogP contribution in [-0.2, 0) is 9.59 Å². The van der Waals surface area contributed by atoms with E-state index < -0.39 is 11.8 Å². The minimum Gasteiger partial charge on any atom is -0.347 e. The summed E-state index contributed by atoms with van der Waals surface area (Å²) in [6.07, 6.45) is 8.07. The maximum atomic E-state index is 12.4. The van der Waals surface area contributed by atoms with Crippen molar-refractivity contribution in [1.82, 2.24) is 16.2 Å². The molecule has 1 aromatic carbocycles. The van der Waals surface area contributed by atoms with E-state index in [9.17, 15) is 14.4 Å². The Morgan fingerprint density at radius 1 is 0.893 bits per heavy atom. The highest BCUT2D eigenvalue weighted by molar-refractivity contribution is 9.10. The Morgan fingerprint density at radius 3 is 2.04 bits per heavy atom. The molecule has 0 heterocycles. The number of hydrazine groups is 1. The fourth-order valence-corrected chi connectivity index (χ4v) is 6.20. The van der Waals surface area contributed by atoms with E-state index >= 15 is 0 Å². The molecule has 4 fully saturated rings. The molecule has 0 atom stereocenters. The predicted molar refractivity (Wildman–Crippen MR) is 108 cm³/mol. The third-order valence-electron chi connectivity index (χ3n) is 6.57. The molecular formula is C21H26BrN3O3. The van der Waals surface area contributed by atoms with Gasteiger partial charge in [0, 0.05) is 16.5 Å². The molecule has 4 saturated carbocycles. The predicted octanol–water partition coefficient (Wildman–Crippen LogP) is 2.93. The van der Waals surface area contributed by atoms with Crippen LogP contribution in [0.1, 0.15) is 55.3 Å². The topological polar surface area (TPSA) is 87.3 Å². The van der Waals surface area contributed by atoms with Crippen LogP contribution in [0.3, 0.4) is 0 Å². The van der Waals surface area contributed by atoms with Gasteiger partial charge in [-0.3, -0.25) is 25.2 Å². The first-order valence-electron chi connectivity index (χ1n) is 10.0. The number of carbonyl (C=O) groups excluding carboxylic acids is 3. The zero-order valence-electron chi connectivity index (χ0n) is 15.8. The minimum atomic E-state index is -0.440. The smallest absolute Gasteiger partial charge is 0.269 e. The van der Waals surface area contributed by atoms with Gasteiger partial charge >= 0.3 is 0 Å². The Hall–Kier alpha value is -1.89. The second-order valence-corrected chi connectivity index (χ2v) is 9.80. The number of nitrogens with one attached hydrogen (secondary N) is 3. The van der Waals surface area contributed by atoms with E-state index in [-0.39, 0.29) is 17.9 Å². The monoisotopic (exact) mass is 447 g/mol. The van der Waals surface area contributed by atoms with Crippen LogP contribution in [0.5, 0.6) is 0 Å². The van der Waals surface area contributed by atoms with Gasteiger partial charge in [0.1, 0.15) is 0 Å². The molecule has 6 nitrogen and oxygen atoms in total. The number of hydrogen-bond donors (Lipinski definition) is 3. The molecular weight excluding hydrogens is 422 g/mol. The van der Waals surface area contributed by atoms with E-state index in [0.29, 0.717) is 12.0 Å². The molecule has 0 aliphatic heterocycles. The molecule has 7 heteroatoms. The number of benzene rings is 1. The standard InChI is InChI=1S/C21H26BrN3O3/c22-17-3-1-16(2-4-17)20(28)25-24-19(27)12-23-18(26)11-21-8-13-5-14(9-21)7-15(6-13)10-21/h1-4,13-15H,5-12H2,(H,23,26)(H,24,27)(H,25,28). The van der Waals surface area contributed by atoms with Gasteiger partial charge in [-0.1, -0.05) is 15.9 Å². The molecule has 5 rings (SSSR count). The summed E-state index contributed by atoms with van der Waals surface area (Å²) in [5, 5.41) is 2.72. The van der Waals surface area contributed by atoms with Crippen molar-refractivity contribution in [2.75, 3.05) is 6.54 Å². The SMILES string of the molecule is O=C(CC12CC3CC(CC(C3)C1)C2)NCC(=O)NNC(=O)c1ccc(Br)cc1. The fourth-order valence-electron chi connectivity index (χ4n) is 5.93. The van der Waals surface area contributed by atoms with Gasteiger partial charge < -0.3 is 5.32 Å². The number of rotatable bonds is 5. The Balaban J connectivity index is 1.20. The number of halogens is 1. The quantitative estimate of drug-likeness (QED) is 0.606. The van der Waals surface area contributed by atoms with E-state index in [1.54, 1.807) is 24.3 Å². The lowest BCUT2D eigenvalue weighted by Crippen LogP contribution is -2.49. The van der Waals surface area contributed by atoms with Crippen LogP contribution in [-0.4, -0.2) is 24.3 Å². The van der Waals surface area contributed by atoms with E-state index in [2.05, 4.69) is 32.1 Å². The molecule has 1 aromatic rings. The van der Waals surface area contributed by atoms with Crippen LogP contribution in [0.25, 0.3) is 0 Å². The van der Waals surface area contributed by atoms with Crippen LogP contribution < -0.4 is 16.2 Å². The van der Waals surface area contributed by atoms with Crippen LogP contribution >= 0.6 is 15.9 Å². The van der Waals surface area contributed by atoms with Crippen molar-refractivity contribution < 1.29 is 14.4 Å². The number of hydrogen-bond acceptors (Lipinski definition) is 3. The fraction of sp³-hybridized carbons (Fsp3) is 0.571. The number of carbonyl (C=O) groups is 3. The minimum absolute atomic E-state index is 0.0589. The molecule has 4 aliphatic rings. The molecule has 4 aliphatic carbocycles. The molecule has 0 unspecified atom stereocenters. The zero-order chi connectivity index (χ0) is 19.7. The van der Waals surface area contributed by atoms with E-state index in [4.69, 9.17) is 0 Å². The van der Waals surface area contributed by atoms with Gasteiger partial charge in [0.25, 0.3) is 11.8 Å². The van der Waals surface area contributed by atoms with Gasteiger partial charge in [0.15, 0.2) is 0 Å². The molecule has 28 heavy (non-hydrogen) atoms. The molecule has 3 amide bonds. The highest BCUT2D eigenvalue weighted by atomic mass is 79.9. The summed E-state index contributed by atoms with van der Waals surface area (Å²) >= 11 is 3.31. The summed E-state index contributed by atoms with van der Waals surface area (Å²) in [6, 6.07) is 6.81. The lowest BCUT2D eigenvalue weighted by atomic mass is 9.49. The molecule has 3 N–H and O–H groups in total. The summed E-state index contributed by atoms with van der Waals surface area (Å²) in [5.41, 5.74) is 5.31. The first-order chi connectivity index (χ1) is 13.4. The molecule has 0 aromatic heterocycles. The van der Waals surface area contributed by atoms with Gasteiger partial charge in [-0.2, -0.15) is 0 Å². The van der Waals surface area contributed by atoms with Gasteiger partial charge in [0.2, 0.25) is 5.91 Å². The first-order valence-corrected chi connectivity index (χ1v) is 10.8. The molecule has 0 saturated heterocycles. The summed E-state index contributed by atoms with van der Waals surface area (Å²) in [6.45, 7) is -0.133. The van der Waals surface area contributed by atoms with E-state index in [0.717, 1.165) is 22.2 Å². The zero-order valence-corrected chi connectivity index (χ0v) is 17.4. The first kappa shape index (κ1) is 19.4. The third kappa shape index (κ3) is 4.40. The van der Waals surface area contributed by atoms with E-state index in [1.807, 2.05) is 0 Å². The van der Waals surface area contributed by atoms with Crippen LogP contribution in [0, 0.1) is 23.2 Å². The van der Waals surface area contributed by atoms with Gasteiger partial charge in [0.05, 0.1) is 6.54 Å². The lowest BCUT2D eigenvalue weighted by molar-refractivity contribution is -0.132. The van der Waals surface area contributed by atoms with Gasteiger partial charge in [-0.15, -0.1) is 0 Å². The summed E-state index contributed by atoms with van der Waals surface area (Å²) in [4.78, 5) is 36.4. The maximum Gasteiger partial charge on any atom is 0.269 e. The second kappa shape index (κ2) is 7.85. The van der Waals surface area contributed by atoms with Crippen molar-refractivity contribution in [3.05, 3.63) is 34.3 Å². The Bertz CT molecular complexity index is 742. The molecule has 150 valence electrons. The summed E-state index contributed by atoms with van der Waals surface area (Å²) in [7, 11) is 0. The molecule has 4 bridgehead atoms. The highest BCUT2D eigenvalue weighted by Gasteiger charge is 2.51. The van der Waals surface area contributed by atoms with Crippen LogP contribution in [0.2, 0.25) is 0 Å². The maximum absolute atomic E-state index is 12.4. The Morgan fingerprint density at radius 2 is 1.46 bits per heavy atom. The van der Waals surface area contributed by atoms with Crippen LogP contribution in [0.4, 0.5) is 0 Å². The summed E-state index contributed by atoms with van der Waals surface area (Å²) in [5.74, 6) is 1.50. The Kier molecular flexibility index (Phi) is 5.45. The van der Waals surface area contributed by atoms with Crippen molar-refractivity contribution in [2.45, 2.75) is 44.9 Å². The van der Waals surface area contributed by atoms with Crippen molar-refractivity contribution in [2.24, 2.45) is 23.2 Å². The van der Waals surface area contributed by atoms with Crippen LogP contribution in [0.15, 0.2) is 28.7 Å². The average Bonchev–Trinajstić information content (AvgIpc) is 2.63. The lowest BCUT2D eigenvalue weighted by Gasteiger charge is -2.56. The van der Waals surface area contributed by atoms with Gasteiger partial charge in [-0.25, -0.2) is 0 Å². The van der Waals surface area contributed by atoms with Crippen molar-refractivity contribution in [3.63, 3.8) is 0 Å². The Labute approximate surface area is 173 Å².